The summed E-state index contributed by atoms with van der Waals surface area (Å²) in [6.07, 6.45) is 7.08. The molecule has 1 N–H and O–H groups in total. The van der Waals surface area contributed by atoms with E-state index in [9.17, 15) is 0 Å². The van der Waals surface area contributed by atoms with Crippen LogP contribution in [-0.4, -0.2) is 19.6 Å². The summed E-state index contributed by atoms with van der Waals surface area (Å²) in [6.45, 7) is 10.3. The first-order valence-electron chi connectivity index (χ1n) is 6.50. The minimum absolute atomic E-state index is 0. The molecular formula is C14H26ClN. The van der Waals surface area contributed by atoms with Gasteiger partial charge in [0.1, 0.15) is 0 Å². The minimum Gasteiger partial charge on any atom is -1.00 e. The fraction of sp³-hybridized carbons (Fsp3) is 0.857. The van der Waals surface area contributed by atoms with Gasteiger partial charge in [0.25, 0.3) is 0 Å². The molecule has 94 valence electrons. The Morgan fingerprint density at radius 2 is 2.06 bits per heavy atom. The molecule has 0 aromatic heterocycles. The van der Waals surface area contributed by atoms with Gasteiger partial charge in [-0.1, -0.05) is 19.1 Å². The zero-order valence-corrected chi connectivity index (χ0v) is 11.7. The zero-order valence-electron chi connectivity index (χ0n) is 11.0. The predicted molar refractivity (Wildman–Crippen MR) is 65.0 cm³/mol. The summed E-state index contributed by atoms with van der Waals surface area (Å²) < 4.78 is 0. The van der Waals surface area contributed by atoms with E-state index in [1.165, 1.54) is 44.2 Å². The van der Waals surface area contributed by atoms with E-state index in [0.717, 1.165) is 12.0 Å². The summed E-state index contributed by atoms with van der Waals surface area (Å²) in [5, 5.41) is 0. The van der Waals surface area contributed by atoms with Gasteiger partial charge in [-0.2, -0.15) is 0 Å². The lowest BCUT2D eigenvalue weighted by molar-refractivity contribution is -0.922. The highest BCUT2D eigenvalue weighted by atomic mass is 35.5. The van der Waals surface area contributed by atoms with Crippen LogP contribution in [0.1, 0.15) is 46.0 Å². The van der Waals surface area contributed by atoms with Crippen molar-refractivity contribution in [3.63, 3.8) is 0 Å². The SMILES string of the molecule is C=C(C)[C@H]1CC[C@@]2(C)CCC[NH+](C)[C@@H]2C1.[Cl-]. The van der Waals surface area contributed by atoms with Crippen LogP contribution in [0.15, 0.2) is 12.2 Å². The molecule has 0 spiro atoms. The van der Waals surface area contributed by atoms with Gasteiger partial charge >= 0.3 is 0 Å². The third kappa shape index (κ3) is 2.46. The molecule has 1 aliphatic carbocycles. The molecule has 1 saturated carbocycles. The Bertz CT molecular complexity index is 263. The number of hydrogen-bond donors (Lipinski definition) is 1. The van der Waals surface area contributed by atoms with Crippen LogP contribution in [0.3, 0.4) is 0 Å². The Labute approximate surface area is 107 Å². The van der Waals surface area contributed by atoms with Crippen molar-refractivity contribution in [1.29, 1.82) is 0 Å². The summed E-state index contributed by atoms with van der Waals surface area (Å²) in [5.41, 5.74) is 2.05. The Morgan fingerprint density at radius 3 is 2.69 bits per heavy atom. The second-order valence-electron chi connectivity index (χ2n) is 6.22. The van der Waals surface area contributed by atoms with Crippen LogP contribution < -0.4 is 17.3 Å². The molecule has 2 rings (SSSR count). The first-order chi connectivity index (χ1) is 7.03. The summed E-state index contributed by atoms with van der Waals surface area (Å²) >= 11 is 0. The minimum atomic E-state index is 0. The van der Waals surface area contributed by atoms with E-state index in [4.69, 9.17) is 0 Å². The van der Waals surface area contributed by atoms with Gasteiger partial charge in [-0.05, 0) is 38.5 Å². The predicted octanol–water partition coefficient (Wildman–Crippen LogP) is -0.950. The summed E-state index contributed by atoms with van der Waals surface area (Å²) in [7, 11) is 2.39. The van der Waals surface area contributed by atoms with Crippen molar-refractivity contribution in [1.82, 2.24) is 0 Å². The molecule has 2 heteroatoms. The average Bonchev–Trinajstić information content (AvgIpc) is 2.17. The van der Waals surface area contributed by atoms with Gasteiger partial charge < -0.3 is 17.3 Å². The molecule has 4 atom stereocenters. The van der Waals surface area contributed by atoms with Crippen molar-refractivity contribution in [3.8, 4) is 0 Å². The van der Waals surface area contributed by atoms with Crippen LogP contribution in [0.25, 0.3) is 0 Å². The van der Waals surface area contributed by atoms with Crippen LogP contribution >= 0.6 is 0 Å². The van der Waals surface area contributed by atoms with Crippen molar-refractivity contribution >= 4 is 0 Å². The largest absolute Gasteiger partial charge is 1.00 e. The number of likely N-dealkylation sites (tertiary alicyclic amines) is 1. The van der Waals surface area contributed by atoms with Crippen LogP contribution in [0.2, 0.25) is 0 Å². The third-order valence-corrected chi connectivity index (χ3v) is 5.04. The standard InChI is InChI=1S/C14H25N.ClH/c1-11(2)12-6-8-14(3)7-5-9-15(4)13(14)10-12;/h12-13H,1,5-10H2,2-4H3;1H/t12-,13+,14+;/m0./s1. The first kappa shape index (κ1) is 14.1. The van der Waals surface area contributed by atoms with E-state index in [0.29, 0.717) is 5.41 Å². The second-order valence-corrected chi connectivity index (χ2v) is 6.22. The second kappa shape index (κ2) is 5.10. The molecule has 16 heavy (non-hydrogen) atoms. The van der Waals surface area contributed by atoms with Crippen molar-refractivity contribution in [3.05, 3.63) is 12.2 Å². The normalized spacial score (nSPS) is 43.1. The third-order valence-electron chi connectivity index (χ3n) is 5.04. The van der Waals surface area contributed by atoms with E-state index in [1.54, 1.807) is 4.90 Å². The first-order valence-corrected chi connectivity index (χ1v) is 6.50. The smallest absolute Gasteiger partial charge is 0.0932 e. The van der Waals surface area contributed by atoms with E-state index in [1.807, 2.05) is 0 Å². The monoisotopic (exact) mass is 243 g/mol. The van der Waals surface area contributed by atoms with E-state index in [2.05, 4.69) is 27.5 Å². The highest BCUT2D eigenvalue weighted by molar-refractivity contribution is 5.03. The van der Waals surface area contributed by atoms with Gasteiger partial charge in [0.05, 0.1) is 19.6 Å². The molecule has 1 nitrogen and oxygen atoms in total. The van der Waals surface area contributed by atoms with E-state index >= 15 is 0 Å². The van der Waals surface area contributed by atoms with Crippen LogP contribution in [-0.2, 0) is 0 Å². The number of piperidine rings is 1. The highest BCUT2D eigenvalue weighted by Gasteiger charge is 2.46. The molecule has 0 aromatic rings. The number of halogens is 1. The lowest BCUT2D eigenvalue weighted by atomic mass is 9.63. The maximum atomic E-state index is 4.15. The molecule has 2 fully saturated rings. The van der Waals surface area contributed by atoms with Crippen LogP contribution in [0, 0.1) is 11.3 Å². The van der Waals surface area contributed by atoms with Crippen molar-refractivity contribution < 1.29 is 17.3 Å². The molecule has 2 aliphatic rings. The van der Waals surface area contributed by atoms with E-state index < -0.39 is 0 Å². The van der Waals surface area contributed by atoms with Gasteiger partial charge in [-0.15, -0.1) is 0 Å². The molecule has 1 saturated heterocycles. The van der Waals surface area contributed by atoms with Gasteiger partial charge in [-0.25, -0.2) is 0 Å². The molecule has 0 aromatic carbocycles. The van der Waals surface area contributed by atoms with Gasteiger partial charge in [-0.3, -0.25) is 0 Å². The highest BCUT2D eigenvalue weighted by Crippen LogP contribution is 2.43. The molecule has 1 unspecified atom stereocenters. The number of rotatable bonds is 1. The number of hydrogen-bond acceptors (Lipinski definition) is 0. The number of nitrogens with one attached hydrogen (secondary N) is 1. The number of quaternary nitrogens is 1. The Balaban J connectivity index is 0.00000128. The van der Waals surface area contributed by atoms with Crippen LogP contribution in [0.5, 0.6) is 0 Å². The molecule has 1 aliphatic heterocycles. The van der Waals surface area contributed by atoms with Crippen LogP contribution in [0.4, 0.5) is 0 Å². The lowest BCUT2D eigenvalue weighted by Crippen LogP contribution is -3.16. The van der Waals surface area contributed by atoms with Crippen molar-refractivity contribution in [2.24, 2.45) is 11.3 Å². The number of fused-ring (bicyclic) bond motifs is 1. The van der Waals surface area contributed by atoms with Gasteiger partial charge in [0.15, 0.2) is 0 Å². The Morgan fingerprint density at radius 1 is 1.38 bits per heavy atom. The molecular weight excluding hydrogens is 218 g/mol. The maximum Gasteiger partial charge on any atom is 0.0932 e. The summed E-state index contributed by atoms with van der Waals surface area (Å²) in [6, 6.07) is 0.890. The van der Waals surface area contributed by atoms with Crippen molar-refractivity contribution in [2.45, 2.75) is 52.0 Å². The Kier molecular flexibility index (Phi) is 4.48. The summed E-state index contributed by atoms with van der Waals surface area (Å²) in [5.74, 6) is 0.802. The fourth-order valence-corrected chi connectivity index (χ4v) is 3.85. The summed E-state index contributed by atoms with van der Waals surface area (Å²) in [4.78, 5) is 1.77. The molecule has 0 radical (unpaired) electrons. The van der Waals surface area contributed by atoms with Gasteiger partial charge in [0, 0.05) is 11.8 Å². The van der Waals surface area contributed by atoms with Crippen molar-refractivity contribution in [2.75, 3.05) is 13.6 Å². The quantitative estimate of drug-likeness (QED) is 0.567. The van der Waals surface area contributed by atoms with E-state index in [-0.39, 0.29) is 12.4 Å². The fourth-order valence-electron chi connectivity index (χ4n) is 3.85. The number of allylic oxidation sites excluding steroid dienone is 1. The maximum absolute atomic E-state index is 4.15. The topological polar surface area (TPSA) is 4.44 Å². The molecule has 0 amide bonds. The van der Waals surface area contributed by atoms with Gasteiger partial charge in [0.2, 0.25) is 0 Å². The zero-order chi connectivity index (χ0) is 11.1. The molecule has 0 bridgehead atoms. The Hall–Kier alpha value is -0.0100. The molecule has 1 heterocycles. The lowest BCUT2D eigenvalue weighted by Gasteiger charge is -2.49. The average molecular weight is 244 g/mol.